The van der Waals surface area contributed by atoms with Gasteiger partial charge in [-0.3, -0.25) is 19.2 Å². The van der Waals surface area contributed by atoms with Crippen molar-refractivity contribution in [1.82, 2.24) is 0 Å². The number of nitrogens with zero attached hydrogens (tertiary/aromatic N) is 1. The Morgan fingerprint density at radius 1 is 0.735 bits per heavy atom. The van der Waals surface area contributed by atoms with E-state index >= 15 is 0 Å². The lowest BCUT2D eigenvalue weighted by molar-refractivity contribution is -0.127. The van der Waals surface area contributed by atoms with Crippen LogP contribution in [0.2, 0.25) is 0 Å². The van der Waals surface area contributed by atoms with E-state index in [1.54, 1.807) is 72.8 Å². The number of carbonyl (C=O) groups is 4. The van der Waals surface area contributed by atoms with Gasteiger partial charge in [-0.15, -0.1) is 0 Å². The van der Waals surface area contributed by atoms with E-state index in [1.165, 1.54) is 0 Å². The van der Waals surface area contributed by atoms with Gasteiger partial charge in [-0.25, -0.2) is 4.90 Å². The van der Waals surface area contributed by atoms with Crippen LogP contribution in [-0.4, -0.2) is 29.0 Å². The second-order valence-electron chi connectivity index (χ2n) is 8.50. The van der Waals surface area contributed by atoms with Gasteiger partial charge in [-0.1, -0.05) is 64.5 Å². The Kier molecular flexibility index (Phi) is 4.78. The van der Waals surface area contributed by atoms with Crippen molar-refractivity contribution >= 4 is 60.9 Å². The fourth-order valence-electron chi connectivity index (χ4n) is 5.34. The van der Waals surface area contributed by atoms with E-state index in [4.69, 9.17) is 4.74 Å². The standard InChI is InChI=1S/C26H15Br2NO5/c27-14-11-9-13(10-12-14)21-19-20(25(33)29(24(19)32)18-8-4-3-7-17(18)28)26(34-21)22(30)15-5-1-2-6-16(15)23(26)31/h1-12,19-21H. The molecule has 3 atom stereocenters. The quantitative estimate of drug-likeness (QED) is 0.318. The van der Waals surface area contributed by atoms with Crippen LogP contribution < -0.4 is 4.90 Å². The van der Waals surface area contributed by atoms with E-state index in [0.29, 0.717) is 15.7 Å². The van der Waals surface area contributed by atoms with Gasteiger partial charge in [0, 0.05) is 20.1 Å². The maximum Gasteiger partial charge on any atom is 0.241 e. The highest BCUT2D eigenvalue weighted by Crippen LogP contribution is 2.58. The smallest absolute Gasteiger partial charge is 0.241 e. The maximum absolute atomic E-state index is 13.9. The zero-order valence-electron chi connectivity index (χ0n) is 17.4. The molecule has 1 aliphatic carbocycles. The lowest BCUT2D eigenvalue weighted by atomic mass is 9.77. The average molecular weight is 581 g/mol. The van der Waals surface area contributed by atoms with E-state index in [0.717, 1.165) is 9.37 Å². The molecule has 34 heavy (non-hydrogen) atoms. The minimum absolute atomic E-state index is 0.210. The molecule has 2 heterocycles. The number of fused-ring (bicyclic) bond motifs is 3. The number of hydrogen-bond donors (Lipinski definition) is 0. The molecule has 0 bridgehead atoms. The molecule has 3 aromatic carbocycles. The highest BCUT2D eigenvalue weighted by molar-refractivity contribution is 9.10. The summed E-state index contributed by atoms with van der Waals surface area (Å²) < 4.78 is 7.65. The van der Waals surface area contributed by atoms with E-state index < -0.39 is 46.9 Å². The van der Waals surface area contributed by atoms with Crippen LogP contribution in [0.25, 0.3) is 0 Å². The highest BCUT2D eigenvalue weighted by atomic mass is 79.9. The second kappa shape index (κ2) is 7.53. The molecule has 3 unspecified atom stereocenters. The Morgan fingerprint density at radius 3 is 1.94 bits per heavy atom. The SMILES string of the molecule is O=C1C2C(c3ccc(Br)cc3)OC3(C(=O)c4ccccc4C3=O)C2C(=O)N1c1ccccc1Br. The number of anilines is 1. The number of hydrogen-bond acceptors (Lipinski definition) is 5. The number of carbonyl (C=O) groups excluding carboxylic acids is 4. The summed E-state index contributed by atoms with van der Waals surface area (Å²) in [5.41, 5.74) is -0.673. The first-order valence-electron chi connectivity index (χ1n) is 10.6. The van der Waals surface area contributed by atoms with Crippen molar-refractivity contribution in [2.24, 2.45) is 11.8 Å². The summed E-state index contributed by atoms with van der Waals surface area (Å²) in [7, 11) is 0. The third kappa shape index (κ3) is 2.70. The Morgan fingerprint density at radius 2 is 1.32 bits per heavy atom. The number of imide groups is 1. The van der Waals surface area contributed by atoms with E-state index in [-0.39, 0.29) is 11.1 Å². The Balaban J connectivity index is 1.56. The van der Waals surface area contributed by atoms with Crippen molar-refractivity contribution < 1.29 is 23.9 Å². The zero-order valence-corrected chi connectivity index (χ0v) is 20.6. The number of ketones is 2. The van der Waals surface area contributed by atoms with Gasteiger partial charge in [-0.2, -0.15) is 0 Å². The fourth-order valence-corrected chi connectivity index (χ4v) is 6.07. The summed E-state index contributed by atoms with van der Waals surface area (Å²) in [5, 5.41) is 0. The molecule has 6 nitrogen and oxygen atoms in total. The van der Waals surface area contributed by atoms with E-state index in [2.05, 4.69) is 31.9 Å². The van der Waals surface area contributed by atoms with Crippen LogP contribution in [0.5, 0.6) is 0 Å². The first-order valence-corrected chi connectivity index (χ1v) is 12.2. The van der Waals surface area contributed by atoms with Crippen LogP contribution in [0, 0.1) is 11.8 Å². The molecule has 8 heteroatoms. The molecule has 0 aromatic heterocycles. The van der Waals surface area contributed by atoms with Gasteiger partial charge < -0.3 is 4.74 Å². The van der Waals surface area contributed by atoms with Crippen LogP contribution in [0.15, 0.2) is 81.7 Å². The molecule has 0 saturated carbocycles. The zero-order chi connectivity index (χ0) is 23.8. The molecule has 2 amide bonds. The third-order valence-electron chi connectivity index (χ3n) is 6.81. The Bertz CT molecular complexity index is 1380. The average Bonchev–Trinajstić information content (AvgIpc) is 3.40. The van der Waals surface area contributed by atoms with Crippen LogP contribution in [0.1, 0.15) is 32.4 Å². The molecular formula is C26H15Br2NO5. The predicted molar refractivity (Wildman–Crippen MR) is 129 cm³/mol. The number of para-hydroxylation sites is 1. The first-order chi connectivity index (χ1) is 16.4. The lowest BCUT2D eigenvalue weighted by Gasteiger charge is -2.27. The Labute approximate surface area is 211 Å². The van der Waals surface area contributed by atoms with Gasteiger partial charge in [0.2, 0.25) is 29.0 Å². The van der Waals surface area contributed by atoms with Gasteiger partial charge in [0.25, 0.3) is 0 Å². The predicted octanol–water partition coefficient (Wildman–Crippen LogP) is 4.91. The summed E-state index contributed by atoms with van der Waals surface area (Å²) in [6.07, 6.45) is -0.941. The molecular weight excluding hydrogens is 566 g/mol. The van der Waals surface area contributed by atoms with Crippen molar-refractivity contribution in [2.45, 2.75) is 11.7 Å². The Hall–Kier alpha value is -2.94. The summed E-state index contributed by atoms with van der Waals surface area (Å²) in [6, 6.07) is 20.4. The number of halogens is 2. The summed E-state index contributed by atoms with van der Waals surface area (Å²) in [5.74, 6) is -4.55. The normalized spacial score (nSPS) is 24.8. The molecule has 0 radical (unpaired) electrons. The molecule has 3 aromatic rings. The summed E-state index contributed by atoms with van der Waals surface area (Å²) in [6.45, 7) is 0. The molecule has 2 fully saturated rings. The van der Waals surface area contributed by atoms with Crippen molar-refractivity contribution in [1.29, 1.82) is 0 Å². The topological polar surface area (TPSA) is 80.8 Å². The summed E-state index contributed by atoms with van der Waals surface area (Å²) >= 11 is 6.81. The number of ether oxygens (including phenoxy) is 1. The third-order valence-corrected chi connectivity index (χ3v) is 8.01. The number of rotatable bonds is 2. The minimum atomic E-state index is -2.07. The van der Waals surface area contributed by atoms with Gasteiger partial charge >= 0.3 is 0 Å². The summed E-state index contributed by atoms with van der Waals surface area (Å²) in [4.78, 5) is 56.2. The van der Waals surface area contributed by atoms with Crippen LogP contribution in [0.4, 0.5) is 5.69 Å². The van der Waals surface area contributed by atoms with Gasteiger partial charge in [0.1, 0.15) is 0 Å². The fraction of sp³-hybridized carbons (Fsp3) is 0.154. The van der Waals surface area contributed by atoms with Crippen molar-refractivity contribution in [2.75, 3.05) is 4.90 Å². The number of Topliss-reactive ketones (excluding diaryl/α,β-unsaturated/α-hetero) is 2. The first kappa shape index (κ1) is 21.6. The molecule has 3 aliphatic rings. The van der Waals surface area contributed by atoms with Crippen LogP contribution in [-0.2, 0) is 14.3 Å². The molecule has 2 saturated heterocycles. The van der Waals surface area contributed by atoms with Gasteiger partial charge in [0.15, 0.2) is 0 Å². The monoisotopic (exact) mass is 579 g/mol. The second-order valence-corrected chi connectivity index (χ2v) is 10.3. The highest BCUT2D eigenvalue weighted by Gasteiger charge is 2.74. The van der Waals surface area contributed by atoms with E-state index in [1.807, 2.05) is 0 Å². The van der Waals surface area contributed by atoms with E-state index in [9.17, 15) is 19.2 Å². The number of benzene rings is 3. The molecule has 6 rings (SSSR count). The lowest BCUT2D eigenvalue weighted by Crippen LogP contribution is -2.51. The van der Waals surface area contributed by atoms with Gasteiger partial charge in [0.05, 0.1) is 23.6 Å². The van der Waals surface area contributed by atoms with Crippen LogP contribution >= 0.6 is 31.9 Å². The van der Waals surface area contributed by atoms with Gasteiger partial charge in [-0.05, 0) is 45.8 Å². The number of amides is 2. The van der Waals surface area contributed by atoms with Crippen LogP contribution in [0.3, 0.4) is 0 Å². The molecule has 1 spiro atoms. The molecule has 0 N–H and O–H groups in total. The molecule has 2 aliphatic heterocycles. The van der Waals surface area contributed by atoms with Crippen molar-refractivity contribution in [3.8, 4) is 0 Å². The van der Waals surface area contributed by atoms with Crippen molar-refractivity contribution in [3.63, 3.8) is 0 Å². The largest absolute Gasteiger partial charge is 0.349 e. The van der Waals surface area contributed by atoms with Crippen molar-refractivity contribution in [3.05, 3.63) is 98.4 Å². The molecule has 168 valence electrons. The maximum atomic E-state index is 13.9. The minimum Gasteiger partial charge on any atom is -0.349 e.